The first-order valence-electron chi connectivity index (χ1n) is 5.40. The van der Waals surface area contributed by atoms with Gasteiger partial charge < -0.3 is 0 Å². The van der Waals surface area contributed by atoms with E-state index in [9.17, 15) is 14.5 Å². The molecule has 0 radical (unpaired) electrons. The summed E-state index contributed by atoms with van der Waals surface area (Å²) in [7, 11) is 0. The van der Waals surface area contributed by atoms with Crippen LogP contribution in [-0.2, 0) is 4.33 Å². The maximum atomic E-state index is 12.9. The first kappa shape index (κ1) is 15.0. The number of rotatable bonds is 3. The molecule has 0 N–H and O–H groups in total. The molecule has 0 unspecified atom stereocenters. The van der Waals surface area contributed by atoms with E-state index in [1.807, 2.05) is 0 Å². The van der Waals surface area contributed by atoms with Gasteiger partial charge in [0.25, 0.3) is 5.69 Å². The minimum Gasteiger partial charge on any atom is -0.258 e. The lowest BCUT2D eigenvalue weighted by Gasteiger charge is -2.21. The Kier molecular flexibility index (Phi) is 4.18. The van der Waals surface area contributed by atoms with E-state index < -0.39 is 15.1 Å². The fourth-order valence-electron chi connectivity index (χ4n) is 1.68. The molecule has 7 heteroatoms. The third kappa shape index (κ3) is 2.87. The first-order valence-corrected chi connectivity index (χ1v) is 6.54. The average Bonchev–Trinajstić information content (AvgIpc) is 2.39. The van der Waals surface area contributed by atoms with Gasteiger partial charge in [0.1, 0.15) is 5.82 Å². The molecule has 2 aromatic rings. The summed E-state index contributed by atoms with van der Waals surface area (Å²) in [5, 5.41) is 11.0. The number of hydrogen-bond acceptors (Lipinski definition) is 2. The van der Waals surface area contributed by atoms with Crippen LogP contribution < -0.4 is 0 Å². The Morgan fingerprint density at radius 1 is 1.10 bits per heavy atom. The lowest BCUT2D eigenvalue weighted by atomic mass is 10.0. The summed E-state index contributed by atoms with van der Waals surface area (Å²) in [6.45, 7) is 0. The fourth-order valence-corrected chi connectivity index (χ4v) is 2.60. The molecule has 2 rings (SSSR count). The van der Waals surface area contributed by atoms with Gasteiger partial charge in [-0.25, -0.2) is 4.39 Å². The zero-order valence-corrected chi connectivity index (χ0v) is 12.1. The van der Waals surface area contributed by atoms with Gasteiger partial charge in [0.2, 0.25) is 0 Å². The molecule has 2 aromatic carbocycles. The van der Waals surface area contributed by atoms with Gasteiger partial charge in [-0.15, -0.1) is 0 Å². The van der Waals surface area contributed by atoms with Crippen molar-refractivity contribution >= 4 is 40.5 Å². The van der Waals surface area contributed by atoms with E-state index >= 15 is 0 Å². The Labute approximate surface area is 129 Å². The Balaban J connectivity index is 2.55. The number of nitrogens with zero attached hydrogens (tertiary/aromatic N) is 1. The molecule has 0 saturated heterocycles. The summed E-state index contributed by atoms with van der Waals surface area (Å²) in [5.41, 5.74) is 0.352. The molecule has 0 aromatic heterocycles. The van der Waals surface area contributed by atoms with Crippen LogP contribution in [0.15, 0.2) is 42.5 Å². The van der Waals surface area contributed by atoms with Crippen LogP contribution in [0.3, 0.4) is 0 Å². The topological polar surface area (TPSA) is 43.1 Å². The maximum absolute atomic E-state index is 12.9. The molecule has 20 heavy (non-hydrogen) atoms. The van der Waals surface area contributed by atoms with E-state index in [1.165, 1.54) is 42.5 Å². The SMILES string of the molecule is O=[N+]([O-])c1ccc(Cl)c(C(Cl)(Cl)c2ccc(F)cc2)c1. The zero-order chi connectivity index (χ0) is 14.9. The van der Waals surface area contributed by atoms with E-state index in [-0.39, 0.29) is 16.3 Å². The molecule has 0 aliphatic carbocycles. The number of non-ortho nitro benzene ring substituents is 1. The summed E-state index contributed by atoms with van der Waals surface area (Å²) in [6, 6.07) is 8.97. The van der Waals surface area contributed by atoms with E-state index in [4.69, 9.17) is 34.8 Å². The number of hydrogen-bond donors (Lipinski definition) is 0. The van der Waals surface area contributed by atoms with Crippen LogP contribution in [0.4, 0.5) is 10.1 Å². The molecular weight excluding hydrogens is 328 g/mol. The van der Waals surface area contributed by atoms with Crippen molar-refractivity contribution in [3.05, 3.63) is 74.5 Å². The van der Waals surface area contributed by atoms with Gasteiger partial charge in [-0.05, 0) is 23.8 Å². The second-order valence-electron chi connectivity index (χ2n) is 4.00. The molecule has 104 valence electrons. The van der Waals surface area contributed by atoms with Crippen molar-refractivity contribution in [2.45, 2.75) is 4.33 Å². The smallest absolute Gasteiger partial charge is 0.258 e. The van der Waals surface area contributed by atoms with Gasteiger partial charge in [-0.1, -0.05) is 46.9 Å². The molecule has 0 atom stereocenters. The van der Waals surface area contributed by atoms with E-state index in [2.05, 4.69) is 0 Å². The highest BCUT2D eigenvalue weighted by Crippen LogP contribution is 2.44. The summed E-state index contributed by atoms with van der Waals surface area (Å²) in [5.74, 6) is -0.442. The van der Waals surface area contributed by atoms with Crippen LogP contribution in [0.5, 0.6) is 0 Å². The Hall–Kier alpha value is -1.36. The highest BCUT2D eigenvalue weighted by Gasteiger charge is 2.32. The van der Waals surface area contributed by atoms with Gasteiger partial charge in [0, 0.05) is 22.7 Å². The van der Waals surface area contributed by atoms with Gasteiger partial charge in [0.05, 0.1) is 4.92 Å². The van der Waals surface area contributed by atoms with Crippen molar-refractivity contribution in [3.8, 4) is 0 Å². The van der Waals surface area contributed by atoms with E-state index in [0.29, 0.717) is 5.56 Å². The van der Waals surface area contributed by atoms with Gasteiger partial charge >= 0.3 is 0 Å². The average molecular weight is 335 g/mol. The van der Waals surface area contributed by atoms with Crippen LogP contribution in [0.25, 0.3) is 0 Å². The van der Waals surface area contributed by atoms with Crippen molar-refractivity contribution in [2.24, 2.45) is 0 Å². The Morgan fingerprint density at radius 3 is 2.25 bits per heavy atom. The van der Waals surface area contributed by atoms with Gasteiger partial charge in [-0.3, -0.25) is 10.1 Å². The minimum absolute atomic E-state index is 0.170. The predicted molar refractivity (Wildman–Crippen MR) is 77.0 cm³/mol. The number of nitro groups is 1. The summed E-state index contributed by atoms with van der Waals surface area (Å²) < 4.78 is 11.3. The molecule has 0 aliphatic heterocycles. The third-order valence-electron chi connectivity index (χ3n) is 2.71. The first-order chi connectivity index (χ1) is 9.32. The number of halogens is 4. The maximum Gasteiger partial charge on any atom is 0.269 e. The lowest BCUT2D eigenvalue weighted by molar-refractivity contribution is -0.384. The molecule has 0 heterocycles. The fraction of sp³-hybridized carbons (Fsp3) is 0.0769. The zero-order valence-electron chi connectivity index (χ0n) is 9.82. The molecule has 0 aliphatic rings. The van der Waals surface area contributed by atoms with E-state index in [1.54, 1.807) is 0 Å². The normalized spacial score (nSPS) is 11.4. The van der Waals surface area contributed by atoms with Crippen LogP contribution in [0.1, 0.15) is 11.1 Å². The largest absolute Gasteiger partial charge is 0.269 e. The number of benzene rings is 2. The molecule has 0 fully saturated rings. The second-order valence-corrected chi connectivity index (χ2v) is 5.74. The predicted octanol–water partition coefficient (Wildman–Crippen LogP) is 5.07. The molecule has 3 nitrogen and oxygen atoms in total. The molecule has 0 amide bonds. The summed E-state index contributed by atoms with van der Waals surface area (Å²) in [4.78, 5) is 10.2. The summed E-state index contributed by atoms with van der Waals surface area (Å²) >= 11 is 18.5. The van der Waals surface area contributed by atoms with Crippen LogP contribution in [-0.4, -0.2) is 4.92 Å². The molecule has 0 spiro atoms. The minimum atomic E-state index is -1.61. The van der Waals surface area contributed by atoms with Crippen molar-refractivity contribution in [1.82, 2.24) is 0 Å². The Morgan fingerprint density at radius 2 is 1.70 bits per heavy atom. The molecule has 0 bridgehead atoms. The quantitative estimate of drug-likeness (QED) is 0.447. The van der Waals surface area contributed by atoms with Crippen molar-refractivity contribution < 1.29 is 9.31 Å². The highest BCUT2D eigenvalue weighted by atomic mass is 35.5. The van der Waals surface area contributed by atoms with Gasteiger partial charge in [-0.2, -0.15) is 0 Å². The van der Waals surface area contributed by atoms with Crippen LogP contribution >= 0.6 is 34.8 Å². The lowest BCUT2D eigenvalue weighted by Crippen LogP contribution is -2.13. The van der Waals surface area contributed by atoms with Gasteiger partial charge in [0.15, 0.2) is 4.33 Å². The Bertz CT molecular complexity index is 659. The van der Waals surface area contributed by atoms with Crippen molar-refractivity contribution in [3.63, 3.8) is 0 Å². The number of nitro benzene ring substituents is 1. The molecule has 0 saturated carbocycles. The van der Waals surface area contributed by atoms with Crippen LogP contribution in [0.2, 0.25) is 5.02 Å². The van der Waals surface area contributed by atoms with E-state index in [0.717, 1.165) is 0 Å². The van der Waals surface area contributed by atoms with Crippen molar-refractivity contribution in [1.29, 1.82) is 0 Å². The molecular formula is C13H7Cl3FNO2. The second kappa shape index (κ2) is 5.56. The summed E-state index contributed by atoms with van der Waals surface area (Å²) in [6.07, 6.45) is 0. The standard InChI is InChI=1S/C13H7Cl3FNO2/c14-12-6-5-10(18(19)20)7-11(12)13(15,16)8-1-3-9(17)4-2-8/h1-7H. The highest BCUT2D eigenvalue weighted by molar-refractivity contribution is 6.51. The van der Waals surface area contributed by atoms with Crippen LogP contribution in [0, 0.1) is 15.9 Å². The van der Waals surface area contributed by atoms with Crippen molar-refractivity contribution in [2.75, 3.05) is 0 Å². The monoisotopic (exact) mass is 333 g/mol. The number of alkyl halides is 2. The third-order valence-corrected chi connectivity index (χ3v) is 3.88.